The van der Waals surface area contributed by atoms with Crippen LogP contribution in [0.3, 0.4) is 0 Å². The first kappa shape index (κ1) is 8.99. The van der Waals surface area contributed by atoms with Gasteiger partial charge >= 0.3 is 5.97 Å². The zero-order chi connectivity index (χ0) is 9.30. The SMILES string of the molecule is Cc1c(Br)cnc(N)c1C(=O)O. The molecular weight excluding hydrogens is 224 g/mol. The summed E-state index contributed by atoms with van der Waals surface area (Å²) < 4.78 is 0.647. The van der Waals surface area contributed by atoms with Gasteiger partial charge in [-0.05, 0) is 28.4 Å². The number of anilines is 1. The molecule has 0 fully saturated rings. The van der Waals surface area contributed by atoms with E-state index in [0.29, 0.717) is 10.0 Å². The molecule has 0 aliphatic rings. The molecule has 64 valence electrons. The molecule has 0 unspecified atom stereocenters. The topological polar surface area (TPSA) is 76.2 Å². The summed E-state index contributed by atoms with van der Waals surface area (Å²) in [5, 5.41) is 8.73. The van der Waals surface area contributed by atoms with Crippen LogP contribution in [0.1, 0.15) is 15.9 Å². The Morgan fingerprint density at radius 1 is 1.75 bits per heavy atom. The number of pyridine rings is 1. The number of aromatic nitrogens is 1. The molecule has 1 rings (SSSR count). The lowest BCUT2D eigenvalue weighted by molar-refractivity contribution is 0.0697. The quantitative estimate of drug-likeness (QED) is 0.766. The van der Waals surface area contributed by atoms with Gasteiger partial charge in [0.1, 0.15) is 11.4 Å². The van der Waals surface area contributed by atoms with Crippen molar-refractivity contribution >= 4 is 27.7 Å². The van der Waals surface area contributed by atoms with E-state index in [1.807, 2.05) is 0 Å². The van der Waals surface area contributed by atoms with E-state index in [-0.39, 0.29) is 11.4 Å². The van der Waals surface area contributed by atoms with Crippen LogP contribution in [-0.2, 0) is 0 Å². The highest BCUT2D eigenvalue weighted by Crippen LogP contribution is 2.22. The Kier molecular flexibility index (Phi) is 2.32. The summed E-state index contributed by atoms with van der Waals surface area (Å²) in [6.45, 7) is 1.67. The number of nitrogens with zero attached hydrogens (tertiary/aromatic N) is 1. The van der Waals surface area contributed by atoms with Crippen LogP contribution >= 0.6 is 15.9 Å². The monoisotopic (exact) mass is 230 g/mol. The second-order valence-electron chi connectivity index (χ2n) is 2.30. The number of aromatic carboxylic acids is 1. The summed E-state index contributed by atoms with van der Waals surface area (Å²) in [5.41, 5.74) is 6.03. The van der Waals surface area contributed by atoms with Crippen molar-refractivity contribution < 1.29 is 9.90 Å². The van der Waals surface area contributed by atoms with E-state index >= 15 is 0 Å². The highest BCUT2D eigenvalue weighted by Gasteiger charge is 2.14. The van der Waals surface area contributed by atoms with Crippen LogP contribution in [0.4, 0.5) is 5.82 Å². The average Bonchev–Trinajstić information content (AvgIpc) is 1.97. The van der Waals surface area contributed by atoms with Gasteiger partial charge in [-0.1, -0.05) is 0 Å². The standard InChI is InChI=1S/C7H7BrN2O2/c1-3-4(8)2-10-6(9)5(3)7(11)12/h2H,1H3,(H2,9,10)(H,11,12). The van der Waals surface area contributed by atoms with Gasteiger partial charge < -0.3 is 10.8 Å². The van der Waals surface area contributed by atoms with Gasteiger partial charge in [0, 0.05) is 10.7 Å². The average molecular weight is 231 g/mol. The van der Waals surface area contributed by atoms with Gasteiger partial charge in [0.05, 0.1) is 0 Å². The Morgan fingerprint density at radius 3 is 2.75 bits per heavy atom. The Bertz CT molecular complexity index is 338. The lowest BCUT2D eigenvalue weighted by Crippen LogP contribution is -2.07. The molecule has 12 heavy (non-hydrogen) atoms. The Morgan fingerprint density at radius 2 is 2.33 bits per heavy atom. The predicted octanol–water partition coefficient (Wildman–Crippen LogP) is 1.43. The lowest BCUT2D eigenvalue weighted by atomic mass is 10.1. The van der Waals surface area contributed by atoms with Crippen LogP contribution in [0.25, 0.3) is 0 Å². The molecule has 0 aromatic carbocycles. The van der Waals surface area contributed by atoms with E-state index in [2.05, 4.69) is 20.9 Å². The molecule has 4 nitrogen and oxygen atoms in total. The normalized spacial score (nSPS) is 9.83. The van der Waals surface area contributed by atoms with E-state index < -0.39 is 5.97 Å². The van der Waals surface area contributed by atoms with E-state index in [4.69, 9.17) is 10.8 Å². The van der Waals surface area contributed by atoms with E-state index in [9.17, 15) is 4.79 Å². The van der Waals surface area contributed by atoms with Gasteiger partial charge in [-0.25, -0.2) is 9.78 Å². The van der Waals surface area contributed by atoms with Crippen LogP contribution < -0.4 is 5.73 Å². The molecule has 0 bridgehead atoms. The van der Waals surface area contributed by atoms with Crippen molar-refractivity contribution in [3.8, 4) is 0 Å². The second kappa shape index (κ2) is 3.10. The van der Waals surface area contributed by atoms with Crippen LogP contribution in [0.2, 0.25) is 0 Å². The Balaban J connectivity index is 3.43. The molecule has 0 aliphatic heterocycles. The fourth-order valence-electron chi connectivity index (χ4n) is 0.869. The molecule has 0 radical (unpaired) electrons. The zero-order valence-electron chi connectivity index (χ0n) is 6.34. The third-order valence-corrected chi connectivity index (χ3v) is 2.32. The summed E-state index contributed by atoms with van der Waals surface area (Å²) in [5.74, 6) is -1.01. The van der Waals surface area contributed by atoms with Crippen molar-refractivity contribution in [2.24, 2.45) is 0 Å². The van der Waals surface area contributed by atoms with E-state index in [0.717, 1.165) is 0 Å². The van der Waals surface area contributed by atoms with Crippen LogP contribution in [0.15, 0.2) is 10.7 Å². The van der Waals surface area contributed by atoms with E-state index in [1.165, 1.54) is 6.20 Å². The second-order valence-corrected chi connectivity index (χ2v) is 3.15. The summed E-state index contributed by atoms with van der Waals surface area (Å²) in [6, 6.07) is 0. The number of nitrogen functional groups attached to an aromatic ring is 1. The minimum absolute atomic E-state index is 0.0446. The maximum atomic E-state index is 10.7. The number of rotatable bonds is 1. The van der Waals surface area contributed by atoms with Crippen molar-refractivity contribution in [3.63, 3.8) is 0 Å². The summed E-state index contributed by atoms with van der Waals surface area (Å²) in [4.78, 5) is 14.4. The number of nitrogens with two attached hydrogens (primary N) is 1. The van der Waals surface area contributed by atoms with Gasteiger partial charge in [-0.2, -0.15) is 0 Å². The van der Waals surface area contributed by atoms with Crippen molar-refractivity contribution in [2.75, 3.05) is 5.73 Å². The first-order chi connectivity index (χ1) is 5.54. The smallest absolute Gasteiger partial charge is 0.339 e. The van der Waals surface area contributed by atoms with Crippen molar-refractivity contribution in [3.05, 3.63) is 21.8 Å². The molecule has 0 aliphatic carbocycles. The molecule has 0 saturated heterocycles. The molecule has 0 amide bonds. The Hall–Kier alpha value is -1.10. The molecule has 1 aromatic heterocycles. The molecule has 5 heteroatoms. The van der Waals surface area contributed by atoms with Crippen molar-refractivity contribution in [2.45, 2.75) is 6.92 Å². The van der Waals surface area contributed by atoms with Gasteiger partial charge in [0.25, 0.3) is 0 Å². The summed E-state index contributed by atoms with van der Waals surface area (Å²) in [6.07, 6.45) is 1.48. The number of carboxylic acid groups (broad SMARTS) is 1. The number of halogens is 1. The van der Waals surface area contributed by atoms with Gasteiger partial charge in [0.15, 0.2) is 0 Å². The molecule has 0 atom stereocenters. The summed E-state index contributed by atoms with van der Waals surface area (Å²) in [7, 11) is 0. The molecular formula is C7H7BrN2O2. The first-order valence-electron chi connectivity index (χ1n) is 3.18. The molecule has 3 N–H and O–H groups in total. The van der Waals surface area contributed by atoms with Gasteiger partial charge in [-0.3, -0.25) is 0 Å². The maximum Gasteiger partial charge on any atom is 0.339 e. The largest absolute Gasteiger partial charge is 0.478 e. The third-order valence-electron chi connectivity index (χ3n) is 1.52. The fourth-order valence-corrected chi connectivity index (χ4v) is 1.17. The maximum absolute atomic E-state index is 10.7. The lowest BCUT2D eigenvalue weighted by Gasteiger charge is -2.04. The molecule has 1 heterocycles. The zero-order valence-corrected chi connectivity index (χ0v) is 7.92. The van der Waals surface area contributed by atoms with Crippen LogP contribution in [0, 0.1) is 6.92 Å². The Labute approximate surface area is 77.5 Å². The minimum atomic E-state index is -1.06. The number of hydrogen-bond acceptors (Lipinski definition) is 3. The first-order valence-corrected chi connectivity index (χ1v) is 3.97. The highest BCUT2D eigenvalue weighted by molar-refractivity contribution is 9.10. The van der Waals surface area contributed by atoms with E-state index in [1.54, 1.807) is 6.92 Å². The summed E-state index contributed by atoms with van der Waals surface area (Å²) >= 11 is 3.17. The third kappa shape index (κ3) is 1.40. The number of carboxylic acids is 1. The predicted molar refractivity (Wildman–Crippen MR) is 48.0 cm³/mol. The highest BCUT2D eigenvalue weighted by atomic mass is 79.9. The van der Waals surface area contributed by atoms with Crippen molar-refractivity contribution in [1.29, 1.82) is 0 Å². The molecule has 0 spiro atoms. The van der Waals surface area contributed by atoms with Gasteiger partial charge in [0.2, 0.25) is 0 Å². The van der Waals surface area contributed by atoms with Crippen molar-refractivity contribution in [1.82, 2.24) is 4.98 Å². The van der Waals surface area contributed by atoms with Crippen LogP contribution in [-0.4, -0.2) is 16.1 Å². The van der Waals surface area contributed by atoms with Crippen LogP contribution in [0.5, 0.6) is 0 Å². The fraction of sp³-hybridized carbons (Fsp3) is 0.143. The minimum Gasteiger partial charge on any atom is -0.478 e. The molecule has 0 saturated carbocycles. The number of carbonyl (C=O) groups is 1. The number of hydrogen-bond donors (Lipinski definition) is 2. The molecule has 1 aromatic rings. The van der Waals surface area contributed by atoms with Gasteiger partial charge in [-0.15, -0.1) is 0 Å².